The van der Waals surface area contributed by atoms with Gasteiger partial charge in [-0.2, -0.15) is 0 Å². The van der Waals surface area contributed by atoms with Gasteiger partial charge in [0.1, 0.15) is 22.9 Å². The lowest BCUT2D eigenvalue weighted by Crippen LogP contribution is -2.25. The number of halogens is 1. The van der Waals surface area contributed by atoms with Gasteiger partial charge in [0.25, 0.3) is 0 Å². The van der Waals surface area contributed by atoms with E-state index in [1.54, 1.807) is 0 Å². The smallest absolute Gasteiger partial charge is 0.202 e. The molecule has 0 amide bonds. The molecule has 0 aromatic heterocycles. The van der Waals surface area contributed by atoms with E-state index in [4.69, 9.17) is 4.74 Å². The second-order valence-electron chi connectivity index (χ2n) is 11.4. The van der Waals surface area contributed by atoms with E-state index in [9.17, 15) is 19.8 Å². The number of para-hydroxylation sites is 2. The number of phenolic OH excluding ortho intramolecular Hbond substituents is 2. The van der Waals surface area contributed by atoms with Crippen LogP contribution < -0.4 is 15.4 Å². The molecule has 5 rings (SSSR count). The molecule has 0 heterocycles. The van der Waals surface area contributed by atoms with Crippen molar-refractivity contribution < 1.29 is 28.9 Å². The van der Waals surface area contributed by atoms with Gasteiger partial charge in [-0.25, -0.2) is 4.39 Å². The minimum absolute atomic E-state index is 0.0130. The fraction of sp³-hybridized carbons (Fsp3) is 0.316. The predicted octanol–water partition coefficient (Wildman–Crippen LogP) is 8.93. The van der Waals surface area contributed by atoms with E-state index >= 15 is 4.39 Å². The van der Waals surface area contributed by atoms with Crippen molar-refractivity contribution in [3.8, 4) is 17.2 Å². The number of ketones is 2. The van der Waals surface area contributed by atoms with Crippen LogP contribution in [-0.2, 0) is 25.7 Å². The van der Waals surface area contributed by atoms with Crippen LogP contribution in [0.4, 0.5) is 27.1 Å². The molecular weight excluding hydrogens is 583 g/mol. The van der Waals surface area contributed by atoms with Crippen LogP contribution in [0.25, 0.3) is 0 Å². The van der Waals surface area contributed by atoms with Crippen molar-refractivity contribution in [2.24, 2.45) is 0 Å². The number of phenols is 2. The van der Waals surface area contributed by atoms with E-state index in [1.165, 1.54) is 0 Å². The van der Waals surface area contributed by atoms with Gasteiger partial charge in [-0.15, -0.1) is 0 Å². The highest BCUT2D eigenvalue weighted by Gasteiger charge is 2.42. The van der Waals surface area contributed by atoms with Gasteiger partial charge in [-0.05, 0) is 66.5 Å². The number of benzene rings is 4. The van der Waals surface area contributed by atoms with Crippen molar-refractivity contribution in [1.29, 1.82) is 0 Å². The molecule has 4 N–H and O–H groups in total. The molecule has 46 heavy (non-hydrogen) atoms. The fourth-order valence-electron chi connectivity index (χ4n) is 6.17. The maximum Gasteiger partial charge on any atom is 0.202 e. The number of carbonyl (C=O) groups is 2. The van der Waals surface area contributed by atoms with Crippen molar-refractivity contribution in [2.45, 2.75) is 73.1 Å². The van der Waals surface area contributed by atoms with Crippen LogP contribution in [0.2, 0.25) is 0 Å². The summed E-state index contributed by atoms with van der Waals surface area (Å²) in [6.45, 7) is 10.3. The van der Waals surface area contributed by atoms with Crippen molar-refractivity contribution >= 4 is 34.3 Å². The SMILES string of the molecule is CCCCOc1c(Nc2c(CC)cccc2CC)c(Nc2c(CC)cccc2CC)c(F)c2c1C(=O)c1c(O)ccc(O)c1C2=O. The lowest BCUT2D eigenvalue weighted by Gasteiger charge is -2.28. The molecule has 8 heteroatoms. The van der Waals surface area contributed by atoms with Crippen LogP contribution in [-0.4, -0.2) is 28.4 Å². The molecule has 0 saturated heterocycles. The van der Waals surface area contributed by atoms with E-state index in [2.05, 4.69) is 10.6 Å². The van der Waals surface area contributed by atoms with Crippen LogP contribution >= 0.6 is 0 Å². The highest BCUT2D eigenvalue weighted by Crippen LogP contribution is 2.50. The van der Waals surface area contributed by atoms with Crippen LogP contribution in [0, 0.1) is 5.82 Å². The van der Waals surface area contributed by atoms with Crippen LogP contribution in [0.5, 0.6) is 17.2 Å². The molecule has 0 unspecified atom stereocenters. The van der Waals surface area contributed by atoms with E-state index in [0.29, 0.717) is 37.8 Å². The number of fused-ring (bicyclic) bond motifs is 2. The monoisotopic (exact) mass is 624 g/mol. The Morgan fingerprint density at radius 2 is 1.04 bits per heavy atom. The summed E-state index contributed by atoms with van der Waals surface area (Å²) in [5.74, 6) is -3.65. The van der Waals surface area contributed by atoms with Crippen molar-refractivity contribution in [1.82, 2.24) is 0 Å². The Morgan fingerprint density at radius 3 is 1.48 bits per heavy atom. The number of hydrogen-bond acceptors (Lipinski definition) is 7. The summed E-state index contributed by atoms with van der Waals surface area (Å²) in [6, 6.07) is 14.1. The first-order chi connectivity index (χ1) is 22.2. The first-order valence-electron chi connectivity index (χ1n) is 16.1. The average Bonchev–Trinajstić information content (AvgIpc) is 3.06. The minimum atomic E-state index is -0.952. The summed E-state index contributed by atoms with van der Waals surface area (Å²) in [7, 11) is 0. The van der Waals surface area contributed by atoms with Gasteiger partial charge in [0.15, 0.2) is 11.6 Å². The molecule has 0 spiro atoms. The second kappa shape index (κ2) is 13.6. The van der Waals surface area contributed by atoms with Gasteiger partial charge in [-0.3, -0.25) is 9.59 Å². The lowest BCUT2D eigenvalue weighted by atomic mass is 9.81. The highest BCUT2D eigenvalue weighted by molar-refractivity contribution is 6.32. The minimum Gasteiger partial charge on any atom is -0.507 e. The average molecular weight is 625 g/mol. The molecule has 0 aliphatic heterocycles. The molecular formula is C38H41FN2O5. The number of ether oxygens (including phenoxy) is 1. The zero-order valence-corrected chi connectivity index (χ0v) is 27.1. The number of unbranched alkanes of at least 4 members (excludes halogenated alkanes) is 1. The first-order valence-corrected chi connectivity index (χ1v) is 16.1. The summed E-state index contributed by atoms with van der Waals surface area (Å²) in [6.07, 6.45) is 4.15. The van der Waals surface area contributed by atoms with Gasteiger partial charge in [0.05, 0.1) is 28.9 Å². The van der Waals surface area contributed by atoms with Gasteiger partial charge in [-0.1, -0.05) is 77.4 Å². The second-order valence-corrected chi connectivity index (χ2v) is 11.4. The van der Waals surface area contributed by atoms with Crippen LogP contribution in [0.1, 0.15) is 102 Å². The molecule has 4 aromatic rings. The zero-order valence-electron chi connectivity index (χ0n) is 27.1. The molecule has 0 bridgehead atoms. The highest BCUT2D eigenvalue weighted by atomic mass is 19.1. The van der Waals surface area contributed by atoms with Crippen LogP contribution in [0.15, 0.2) is 48.5 Å². The summed E-state index contributed by atoms with van der Waals surface area (Å²) in [5.41, 5.74) is 3.89. The number of nitrogens with one attached hydrogen (secondary N) is 2. The number of carbonyl (C=O) groups excluding carboxylic acids is 2. The molecule has 1 aliphatic carbocycles. The summed E-state index contributed by atoms with van der Waals surface area (Å²) >= 11 is 0. The topological polar surface area (TPSA) is 108 Å². The van der Waals surface area contributed by atoms with Gasteiger partial charge in [0, 0.05) is 11.4 Å². The third-order valence-electron chi connectivity index (χ3n) is 8.70. The Bertz CT molecular complexity index is 1790. The Labute approximate surface area is 269 Å². The Morgan fingerprint density at radius 1 is 0.609 bits per heavy atom. The maximum atomic E-state index is 17.3. The molecule has 0 radical (unpaired) electrons. The summed E-state index contributed by atoms with van der Waals surface area (Å²) in [4.78, 5) is 28.3. The van der Waals surface area contributed by atoms with Gasteiger partial charge in [0.2, 0.25) is 11.6 Å². The Hall–Kier alpha value is -4.85. The van der Waals surface area contributed by atoms with Crippen molar-refractivity contribution in [2.75, 3.05) is 17.2 Å². The number of rotatable bonds is 12. The Balaban J connectivity index is 1.90. The molecule has 4 aromatic carbocycles. The number of aromatic hydroxyl groups is 2. The van der Waals surface area contributed by atoms with E-state index in [1.807, 2.05) is 71.0 Å². The standard InChI is InChI=1S/C38H41FN2O5/c1-6-11-20-46-38-30-29(36(44)27-25(42)18-19-26(43)28(27)37(30)45)31(39)34(40-32-21(7-2)14-12-15-22(32)8-3)35(38)41-33-23(9-4)16-13-17-24(33)10-5/h12-19,40-43H,6-11,20H2,1-5H3. The molecule has 0 atom stereocenters. The van der Waals surface area contributed by atoms with Gasteiger partial charge >= 0.3 is 0 Å². The maximum absolute atomic E-state index is 17.3. The van der Waals surface area contributed by atoms with Crippen LogP contribution in [0.3, 0.4) is 0 Å². The number of anilines is 4. The number of hydrogen-bond donors (Lipinski definition) is 4. The van der Waals surface area contributed by atoms with E-state index in [-0.39, 0.29) is 34.9 Å². The van der Waals surface area contributed by atoms with Gasteiger partial charge < -0.3 is 25.6 Å². The molecule has 240 valence electrons. The third kappa shape index (κ3) is 5.57. The third-order valence-corrected chi connectivity index (χ3v) is 8.70. The molecule has 1 aliphatic rings. The Kier molecular flexibility index (Phi) is 9.65. The predicted molar refractivity (Wildman–Crippen MR) is 180 cm³/mol. The summed E-state index contributed by atoms with van der Waals surface area (Å²) in [5, 5.41) is 28.2. The normalized spacial score (nSPS) is 12.1. The molecule has 0 fully saturated rings. The van der Waals surface area contributed by atoms with Crippen molar-refractivity contribution in [3.05, 3.63) is 98.9 Å². The number of aryl methyl sites for hydroxylation is 4. The van der Waals surface area contributed by atoms with E-state index < -0.39 is 40.0 Å². The lowest BCUT2D eigenvalue weighted by molar-refractivity contribution is 0.0967. The molecule has 7 nitrogen and oxygen atoms in total. The summed E-state index contributed by atoms with van der Waals surface area (Å²) < 4.78 is 23.6. The largest absolute Gasteiger partial charge is 0.507 e. The fourth-order valence-corrected chi connectivity index (χ4v) is 6.17. The van der Waals surface area contributed by atoms with Crippen molar-refractivity contribution in [3.63, 3.8) is 0 Å². The first kappa shape index (κ1) is 32.5. The molecule has 0 saturated carbocycles. The van der Waals surface area contributed by atoms with E-state index in [0.717, 1.165) is 46.5 Å². The quantitative estimate of drug-likeness (QED) is 0.0811. The zero-order chi connectivity index (χ0) is 33.1.